The van der Waals surface area contributed by atoms with Gasteiger partial charge in [0.1, 0.15) is 18.7 Å². The summed E-state index contributed by atoms with van der Waals surface area (Å²) in [6.45, 7) is 6.96. The van der Waals surface area contributed by atoms with Gasteiger partial charge in [0.05, 0.1) is 0 Å². The molecule has 176 valence electrons. The van der Waals surface area contributed by atoms with Gasteiger partial charge in [-0.1, -0.05) is 75.4 Å². The molecule has 0 bridgehead atoms. The summed E-state index contributed by atoms with van der Waals surface area (Å²) in [5, 5.41) is 2.75. The van der Waals surface area contributed by atoms with Crippen LogP contribution in [0.25, 0.3) is 0 Å². The Balaban J connectivity index is 1.60. The fourth-order valence-corrected chi connectivity index (χ4v) is 3.93. The number of carbonyl (C=O) groups excluding carboxylic acids is 3. The summed E-state index contributed by atoms with van der Waals surface area (Å²) in [6, 6.07) is 15.8. The van der Waals surface area contributed by atoms with Crippen LogP contribution in [-0.2, 0) is 32.8 Å². The Kier molecular flexibility index (Phi) is 7.74. The second kappa shape index (κ2) is 10.5. The highest BCUT2D eigenvalue weighted by molar-refractivity contribution is 5.91. The Morgan fingerprint density at radius 2 is 1.73 bits per heavy atom. The number of carbonyl (C=O) groups is 3. The lowest BCUT2D eigenvalue weighted by atomic mass is 9.86. The summed E-state index contributed by atoms with van der Waals surface area (Å²) in [5.41, 5.74) is 8.56. The molecule has 3 amide bonds. The molecule has 2 aromatic carbocycles. The van der Waals surface area contributed by atoms with E-state index in [4.69, 9.17) is 10.5 Å². The van der Waals surface area contributed by atoms with E-state index >= 15 is 0 Å². The van der Waals surface area contributed by atoms with Crippen molar-refractivity contribution < 1.29 is 19.1 Å². The largest absolute Gasteiger partial charge is 0.445 e. The number of rotatable bonds is 7. The fourth-order valence-electron chi connectivity index (χ4n) is 3.93. The normalized spacial score (nSPS) is 16.8. The summed E-state index contributed by atoms with van der Waals surface area (Å²) in [7, 11) is 0. The van der Waals surface area contributed by atoms with Crippen molar-refractivity contribution in [2.24, 2.45) is 5.73 Å². The SMILES string of the molecule is CC(C)(C)c1ccc(C[C@H](NC(=O)[C@H]2CCCN2C(=O)OCc2ccccc2)C(N)=O)cc1. The number of primary amides is 1. The summed E-state index contributed by atoms with van der Waals surface area (Å²) in [5.74, 6) is -1.00. The molecule has 0 saturated carbocycles. The van der Waals surface area contributed by atoms with E-state index in [1.54, 1.807) is 0 Å². The number of benzene rings is 2. The minimum Gasteiger partial charge on any atom is -0.445 e. The Labute approximate surface area is 195 Å². The minimum absolute atomic E-state index is 0.0247. The average Bonchev–Trinajstić information content (AvgIpc) is 3.27. The number of hydrogen-bond acceptors (Lipinski definition) is 4. The molecule has 0 unspecified atom stereocenters. The zero-order valence-corrected chi connectivity index (χ0v) is 19.5. The third-order valence-corrected chi connectivity index (χ3v) is 5.91. The molecule has 7 heteroatoms. The van der Waals surface area contributed by atoms with E-state index in [-0.39, 0.29) is 24.3 Å². The van der Waals surface area contributed by atoms with Crippen molar-refractivity contribution in [2.75, 3.05) is 6.54 Å². The van der Waals surface area contributed by atoms with Gasteiger partial charge in [-0.15, -0.1) is 0 Å². The van der Waals surface area contributed by atoms with Gasteiger partial charge < -0.3 is 15.8 Å². The van der Waals surface area contributed by atoms with Crippen LogP contribution in [0.1, 0.15) is 50.3 Å². The van der Waals surface area contributed by atoms with Crippen molar-refractivity contribution in [3.05, 3.63) is 71.3 Å². The molecule has 1 aliphatic rings. The molecular formula is C26H33N3O4. The van der Waals surface area contributed by atoms with Gasteiger partial charge in [0.2, 0.25) is 11.8 Å². The number of amides is 3. The van der Waals surface area contributed by atoms with Crippen molar-refractivity contribution in [1.29, 1.82) is 0 Å². The van der Waals surface area contributed by atoms with Gasteiger partial charge in [-0.3, -0.25) is 14.5 Å². The Morgan fingerprint density at radius 3 is 2.33 bits per heavy atom. The van der Waals surface area contributed by atoms with Gasteiger partial charge in [-0.25, -0.2) is 4.79 Å². The lowest BCUT2D eigenvalue weighted by Gasteiger charge is -2.25. The van der Waals surface area contributed by atoms with Gasteiger partial charge in [-0.2, -0.15) is 0 Å². The number of nitrogens with one attached hydrogen (secondary N) is 1. The van der Waals surface area contributed by atoms with E-state index < -0.39 is 24.1 Å². The van der Waals surface area contributed by atoms with Crippen LogP contribution < -0.4 is 11.1 Å². The van der Waals surface area contributed by atoms with Crippen molar-refractivity contribution in [3.8, 4) is 0 Å². The van der Waals surface area contributed by atoms with E-state index in [0.717, 1.165) is 11.1 Å². The highest BCUT2D eigenvalue weighted by Crippen LogP contribution is 2.23. The molecule has 0 spiro atoms. The van der Waals surface area contributed by atoms with Crippen molar-refractivity contribution in [3.63, 3.8) is 0 Å². The first-order valence-corrected chi connectivity index (χ1v) is 11.3. The molecule has 2 aromatic rings. The zero-order chi connectivity index (χ0) is 24.0. The molecule has 3 N–H and O–H groups in total. The van der Waals surface area contributed by atoms with Gasteiger partial charge in [-0.05, 0) is 34.9 Å². The molecular weight excluding hydrogens is 418 g/mol. The van der Waals surface area contributed by atoms with Crippen molar-refractivity contribution in [1.82, 2.24) is 10.2 Å². The molecule has 0 radical (unpaired) electrons. The first kappa shape index (κ1) is 24.3. The molecule has 0 aliphatic carbocycles. The number of likely N-dealkylation sites (tertiary alicyclic amines) is 1. The van der Waals surface area contributed by atoms with Crippen LogP contribution >= 0.6 is 0 Å². The predicted molar refractivity (Wildman–Crippen MR) is 126 cm³/mol. The Bertz CT molecular complexity index is 967. The van der Waals surface area contributed by atoms with Gasteiger partial charge in [0, 0.05) is 13.0 Å². The maximum absolute atomic E-state index is 13.0. The summed E-state index contributed by atoms with van der Waals surface area (Å²) >= 11 is 0. The highest BCUT2D eigenvalue weighted by Gasteiger charge is 2.36. The van der Waals surface area contributed by atoms with Gasteiger partial charge in [0.25, 0.3) is 0 Å². The lowest BCUT2D eigenvalue weighted by Crippen LogP contribution is -2.53. The van der Waals surface area contributed by atoms with E-state index in [9.17, 15) is 14.4 Å². The quantitative estimate of drug-likeness (QED) is 0.674. The topological polar surface area (TPSA) is 102 Å². The van der Waals surface area contributed by atoms with Crippen molar-refractivity contribution in [2.45, 2.75) is 64.1 Å². The zero-order valence-electron chi connectivity index (χ0n) is 19.5. The fraction of sp³-hybridized carbons (Fsp3) is 0.423. The molecule has 1 aliphatic heterocycles. The van der Waals surface area contributed by atoms with Crippen molar-refractivity contribution >= 4 is 17.9 Å². The summed E-state index contributed by atoms with van der Waals surface area (Å²) in [4.78, 5) is 39.0. The molecule has 1 heterocycles. The molecule has 0 aromatic heterocycles. The third-order valence-electron chi connectivity index (χ3n) is 5.91. The molecule has 7 nitrogen and oxygen atoms in total. The second-order valence-electron chi connectivity index (χ2n) is 9.51. The number of hydrogen-bond donors (Lipinski definition) is 2. The maximum Gasteiger partial charge on any atom is 0.410 e. The van der Waals surface area contributed by atoms with E-state index in [1.807, 2.05) is 54.6 Å². The number of ether oxygens (including phenoxy) is 1. The highest BCUT2D eigenvalue weighted by atomic mass is 16.6. The minimum atomic E-state index is -0.860. The molecule has 33 heavy (non-hydrogen) atoms. The van der Waals surface area contributed by atoms with Crippen LogP contribution in [0.5, 0.6) is 0 Å². The van der Waals surface area contributed by atoms with Crippen LogP contribution in [0.2, 0.25) is 0 Å². The lowest BCUT2D eigenvalue weighted by molar-refractivity contribution is -0.130. The van der Waals surface area contributed by atoms with Gasteiger partial charge in [0.15, 0.2) is 0 Å². The number of nitrogens with zero attached hydrogens (tertiary/aromatic N) is 1. The van der Waals surface area contributed by atoms with E-state index in [1.165, 1.54) is 10.5 Å². The van der Waals surface area contributed by atoms with E-state index in [2.05, 4.69) is 26.1 Å². The second-order valence-corrected chi connectivity index (χ2v) is 9.51. The average molecular weight is 452 g/mol. The smallest absolute Gasteiger partial charge is 0.410 e. The summed E-state index contributed by atoms with van der Waals surface area (Å²) in [6.07, 6.45) is 0.952. The summed E-state index contributed by atoms with van der Waals surface area (Å²) < 4.78 is 5.39. The van der Waals surface area contributed by atoms with Crippen LogP contribution in [0.4, 0.5) is 4.79 Å². The van der Waals surface area contributed by atoms with Crippen LogP contribution in [0.3, 0.4) is 0 Å². The first-order chi connectivity index (χ1) is 15.6. The van der Waals surface area contributed by atoms with Gasteiger partial charge >= 0.3 is 6.09 Å². The molecule has 1 saturated heterocycles. The van der Waals surface area contributed by atoms with Crippen LogP contribution in [0, 0.1) is 0 Å². The molecule has 2 atom stereocenters. The standard InChI is InChI=1S/C26H33N3O4/c1-26(2,3)20-13-11-18(12-14-20)16-21(23(27)30)28-24(31)22-10-7-15-29(22)25(32)33-17-19-8-5-4-6-9-19/h4-6,8-9,11-14,21-22H,7,10,15-17H2,1-3H3,(H2,27,30)(H,28,31)/t21-,22+/m0/s1. The van der Waals surface area contributed by atoms with Crippen LogP contribution in [0.15, 0.2) is 54.6 Å². The molecule has 3 rings (SSSR count). The number of nitrogens with two attached hydrogens (primary N) is 1. The predicted octanol–water partition coefficient (Wildman–Crippen LogP) is 3.30. The maximum atomic E-state index is 13.0. The van der Waals surface area contributed by atoms with E-state index in [0.29, 0.717) is 19.4 Å². The third kappa shape index (κ3) is 6.57. The Morgan fingerprint density at radius 1 is 1.06 bits per heavy atom. The first-order valence-electron chi connectivity index (χ1n) is 11.3. The monoisotopic (exact) mass is 451 g/mol. The van der Waals surface area contributed by atoms with Crippen LogP contribution in [-0.4, -0.2) is 41.4 Å². The Hall–Kier alpha value is -3.35. The molecule has 1 fully saturated rings.